The second-order valence-corrected chi connectivity index (χ2v) is 6.01. The van der Waals surface area contributed by atoms with Crippen LogP contribution in [0.3, 0.4) is 0 Å². The van der Waals surface area contributed by atoms with Gasteiger partial charge in [-0.3, -0.25) is 4.79 Å². The number of halogens is 2. The molecule has 0 heterocycles. The van der Waals surface area contributed by atoms with Crippen molar-refractivity contribution in [1.82, 2.24) is 4.90 Å². The Kier molecular flexibility index (Phi) is 6.69. The molecule has 2 rings (SSSR count). The summed E-state index contributed by atoms with van der Waals surface area (Å²) in [4.78, 5) is 13.9. The Labute approximate surface area is 157 Å². The highest BCUT2D eigenvalue weighted by atomic mass is 35.5. The van der Waals surface area contributed by atoms with Crippen molar-refractivity contribution in [2.75, 3.05) is 34.9 Å². The van der Waals surface area contributed by atoms with E-state index in [4.69, 9.17) is 25.8 Å². The lowest BCUT2D eigenvalue weighted by atomic mass is 10.1. The second-order valence-electron chi connectivity index (χ2n) is 5.61. The van der Waals surface area contributed by atoms with Crippen LogP contribution in [0.2, 0.25) is 5.02 Å². The highest BCUT2D eigenvalue weighted by molar-refractivity contribution is 6.33. The highest BCUT2D eigenvalue weighted by Crippen LogP contribution is 2.38. The lowest BCUT2D eigenvalue weighted by Gasteiger charge is -2.19. The molecule has 0 fully saturated rings. The summed E-state index contributed by atoms with van der Waals surface area (Å²) in [7, 11) is 6.21. The van der Waals surface area contributed by atoms with E-state index < -0.39 is 11.7 Å². The molecule has 0 unspecified atom stereocenters. The van der Waals surface area contributed by atoms with Crippen LogP contribution < -0.4 is 14.2 Å². The third-order valence-electron chi connectivity index (χ3n) is 3.98. The summed E-state index contributed by atoms with van der Waals surface area (Å²) in [5.74, 6) is 0.463. The monoisotopic (exact) mass is 381 g/mol. The SMILES string of the molecule is COc1cc(CCN(C)C(=O)c2c(F)cccc2Cl)cc(OC)c1OC. The van der Waals surface area contributed by atoms with E-state index in [1.165, 1.54) is 44.4 Å². The molecule has 26 heavy (non-hydrogen) atoms. The van der Waals surface area contributed by atoms with Crippen LogP contribution in [0, 0.1) is 5.82 Å². The van der Waals surface area contributed by atoms with Crippen LogP contribution in [-0.2, 0) is 6.42 Å². The van der Waals surface area contributed by atoms with Gasteiger partial charge in [-0.2, -0.15) is 0 Å². The summed E-state index contributed by atoms with van der Waals surface area (Å²) in [6.45, 7) is 0.363. The van der Waals surface area contributed by atoms with Crippen LogP contribution in [-0.4, -0.2) is 45.7 Å². The summed E-state index contributed by atoms with van der Waals surface area (Å²) in [5.41, 5.74) is 0.764. The summed E-state index contributed by atoms with van der Waals surface area (Å²) < 4.78 is 29.9. The van der Waals surface area contributed by atoms with Crippen LogP contribution in [0.25, 0.3) is 0 Å². The molecule has 0 aliphatic carbocycles. The Balaban J connectivity index is 2.16. The van der Waals surface area contributed by atoms with Gasteiger partial charge in [0.25, 0.3) is 5.91 Å². The van der Waals surface area contributed by atoms with E-state index in [0.29, 0.717) is 30.2 Å². The fraction of sp³-hybridized carbons (Fsp3) is 0.316. The first-order valence-electron chi connectivity index (χ1n) is 7.91. The van der Waals surface area contributed by atoms with Gasteiger partial charge < -0.3 is 19.1 Å². The van der Waals surface area contributed by atoms with Gasteiger partial charge in [-0.25, -0.2) is 4.39 Å². The van der Waals surface area contributed by atoms with Gasteiger partial charge in [0.15, 0.2) is 11.5 Å². The summed E-state index contributed by atoms with van der Waals surface area (Å²) in [5, 5.41) is 0.0923. The Morgan fingerprint density at radius 2 is 1.73 bits per heavy atom. The Morgan fingerprint density at radius 3 is 2.23 bits per heavy atom. The molecule has 0 radical (unpaired) electrons. The van der Waals surface area contributed by atoms with Crippen LogP contribution in [0.1, 0.15) is 15.9 Å². The zero-order chi connectivity index (χ0) is 19.3. The fourth-order valence-corrected chi connectivity index (χ4v) is 2.81. The molecule has 0 saturated heterocycles. The van der Waals surface area contributed by atoms with Crippen molar-refractivity contribution in [3.63, 3.8) is 0 Å². The van der Waals surface area contributed by atoms with Crippen molar-refractivity contribution in [3.8, 4) is 17.2 Å². The first-order valence-corrected chi connectivity index (χ1v) is 8.29. The van der Waals surface area contributed by atoms with Crippen molar-refractivity contribution in [1.29, 1.82) is 0 Å². The van der Waals surface area contributed by atoms with E-state index in [2.05, 4.69) is 0 Å². The third kappa shape index (κ3) is 4.19. The zero-order valence-electron chi connectivity index (χ0n) is 15.1. The van der Waals surface area contributed by atoms with Crippen molar-refractivity contribution >= 4 is 17.5 Å². The summed E-state index contributed by atoms with van der Waals surface area (Å²) >= 11 is 5.96. The predicted molar refractivity (Wildman–Crippen MR) is 98.2 cm³/mol. The minimum atomic E-state index is -0.637. The maximum Gasteiger partial charge on any atom is 0.258 e. The molecule has 0 aliphatic rings. The van der Waals surface area contributed by atoms with E-state index in [0.717, 1.165) is 5.56 Å². The van der Waals surface area contributed by atoms with Crippen LogP contribution in [0.15, 0.2) is 30.3 Å². The lowest BCUT2D eigenvalue weighted by molar-refractivity contribution is 0.0792. The van der Waals surface area contributed by atoms with Crippen molar-refractivity contribution in [3.05, 3.63) is 52.3 Å². The molecule has 5 nitrogen and oxygen atoms in total. The van der Waals surface area contributed by atoms with Crippen LogP contribution >= 0.6 is 11.6 Å². The molecule has 2 aromatic carbocycles. The van der Waals surface area contributed by atoms with Crippen molar-refractivity contribution in [2.24, 2.45) is 0 Å². The van der Waals surface area contributed by atoms with Crippen molar-refractivity contribution in [2.45, 2.75) is 6.42 Å². The number of methoxy groups -OCH3 is 3. The number of ether oxygens (including phenoxy) is 3. The first kappa shape index (κ1) is 19.8. The zero-order valence-corrected chi connectivity index (χ0v) is 15.9. The highest BCUT2D eigenvalue weighted by Gasteiger charge is 2.20. The van der Waals surface area contributed by atoms with Gasteiger partial charge in [0, 0.05) is 13.6 Å². The molecule has 7 heteroatoms. The average molecular weight is 382 g/mol. The summed E-state index contributed by atoms with van der Waals surface area (Å²) in [6.07, 6.45) is 0.519. The largest absolute Gasteiger partial charge is 0.493 e. The van der Waals surface area contributed by atoms with E-state index in [1.54, 1.807) is 7.05 Å². The minimum absolute atomic E-state index is 0.0923. The van der Waals surface area contributed by atoms with Gasteiger partial charge in [0.2, 0.25) is 5.75 Å². The quantitative estimate of drug-likeness (QED) is 0.731. The molecular weight excluding hydrogens is 361 g/mol. The van der Waals surface area contributed by atoms with E-state index in [-0.39, 0.29) is 10.6 Å². The van der Waals surface area contributed by atoms with Gasteiger partial charge in [-0.05, 0) is 36.2 Å². The smallest absolute Gasteiger partial charge is 0.258 e. The van der Waals surface area contributed by atoms with Gasteiger partial charge in [0.05, 0.1) is 31.9 Å². The number of hydrogen-bond acceptors (Lipinski definition) is 4. The number of carbonyl (C=O) groups is 1. The molecule has 0 spiro atoms. The molecular formula is C19H21ClFNO4. The van der Waals surface area contributed by atoms with Gasteiger partial charge in [-0.1, -0.05) is 17.7 Å². The Hall–Kier alpha value is -2.47. The molecule has 0 N–H and O–H groups in total. The molecule has 0 aromatic heterocycles. The summed E-state index contributed by atoms with van der Waals surface area (Å²) in [6, 6.07) is 7.80. The lowest BCUT2D eigenvalue weighted by Crippen LogP contribution is -2.29. The Morgan fingerprint density at radius 1 is 1.12 bits per heavy atom. The maximum absolute atomic E-state index is 13.9. The third-order valence-corrected chi connectivity index (χ3v) is 4.30. The normalized spacial score (nSPS) is 10.4. The number of hydrogen-bond donors (Lipinski definition) is 0. The number of rotatable bonds is 7. The second kappa shape index (κ2) is 8.76. The standard InChI is InChI=1S/C19H21ClFNO4/c1-22(19(23)17-13(20)6-5-7-14(17)21)9-8-12-10-15(24-2)18(26-4)16(11-12)25-3/h5-7,10-11H,8-9H2,1-4H3. The maximum atomic E-state index is 13.9. The number of nitrogens with zero attached hydrogens (tertiary/aromatic N) is 1. The number of likely N-dealkylation sites (N-methyl/N-ethyl adjacent to an activating group) is 1. The average Bonchev–Trinajstić information content (AvgIpc) is 2.64. The Bertz CT molecular complexity index is 752. The first-order chi connectivity index (χ1) is 12.4. The van der Waals surface area contributed by atoms with Crippen LogP contribution in [0.5, 0.6) is 17.2 Å². The molecule has 1 amide bonds. The molecule has 0 saturated carbocycles. The van der Waals surface area contributed by atoms with Gasteiger partial charge >= 0.3 is 0 Å². The van der Waals surface area contributed by atoms with E-state index in [9.17, 15) is 9.18 Å². The topological polar surface area (TPSA) is 48.0 Å². The molecule has 140 valence electrons. The molecule has 2 aromatic rings. The fourth-order valence-electron chi connectivity index (χ4n) is 2.57. The predicted octanol–water partition coefficient (Wildman–Crippen LogP) is 3.82. The van der Waals surface area contributed by atoms with E-state index in [1.807, 2.05) is 12.1 Å². The molecule has 0 aliphatic heterocycles. The van der Waals surface area contributed by atoms with Gasteiger partial charge in [0.1, 0.15) is 5.82 Å². The molecule has 0 atom stereocenters. The number of benzene rings is 2. The van der Waals surface area contributed by atoms with E-state index >= 15 is 0 Å². The molecule has 0 bridgehead atoms. The van der Waals surface area contributed by atoms with Crippen LogP contribution in [0.4, 0.5) is 4.39 Å². The van der Waals surface area contributed by atoms with Gasteiger partial charge in [-0.15, -0.1) is 0 Å². The number of amides is 1. The minimum Gasteiger partial charge on any atom is -0.493 e. The van der Waals surface area contributed by atoms with Crippen molar-refractivity contribution < 1.29 is 23.4 Å². The number of carbonyl (C=O) groups excluding carboxylic acids is 1.